The Morgan fingerprint density at radius 1 is 1.24 bits per heavy atom. The normalized spacial score (nSPS) is 11.0. The predicted octanol–water partition coefficient (Wildman–Crippen LogP) is 2.89. The number of nitrogens with two attached hydrogens (primary N) is 1. The van der Waals surface area contributed by atoms with Gasteiger partial charge in [-0.05, 0) is 31.2 Å². The molecule has 4 nitrogen and oxygen atoms in total. The Kier molecular flexibility index (Phi) is 3.22. The number of nitrogens with zero attached hydrogens (tertiary/aromatic N) is 2. The van der Waals surface area contributed by atoms with Gasteiger partial charge in [0, 0.05) is 18.3 Å². The maximum atomic E-state index is 12.5. The number of nitrogen functional groups attached to an aromatic ring is 1. The first-order chi connectivity index (χ1) is 10.1. The average molecular weight is 279 g/mol. The molecule has 0 bridgehead atoms. The minimum absolute atomic E-state index is 0.00499. The fraction of sp³-hybridized carbons (Fsp3) is 0.176. The van der Waals surface area contributed by atoms with Gasteiger partial charge in [-0.15, -0.1) is 0 Å². The minimum Gasteiger partial charge on any atom is -0.398 e. The van der Waals surface area contributed by atoms with E-state index >= 15 is 0 Å². The van der Waals surface area contributed by atoms with E-state index in [1.807, 2.05) is 54.9 Å². The summed E-state index contributed by atoms with van der Waals surface area (Å²) < 4.78 is 1.96. The number of imidazole rings is 1. The van der Waals surface area contributed by atoms with E-state index in [1.165, 1.54) is 0 Å². The molecule has 1 aromatic heterocycles. The van der Waals surface area contributed by atoms with Crippen LogP contribution in [-0.2, 0) is 13.5 Å². The third-order valence-corrected chi connectivity index (χ3v) is 3.71. The van der Waals surface area contributed by atoms with E-state index in [0.29, 0.717) is 11.3 Å². The molecular formula is C17H17N3O. The summed E-state index contributed by atoms with van der Waals surface area (Å²) in [6.45, 7) is 1.95. The van der Waals surface area contributed by atoms with Crippen molar-refractivity contribution in [3.8, 4) is 0 Å². The van der Waals surface area contributed by atoms with Gasteiger partial charge in [0.15, 0.2) is 5.78 Å². The molecule has 21 heavy (non-hydrogen) atoms. The number of Topliss-reactive ketones (excluding diaryl/α,β-unsaturated/α-hetero) is 1. The SMILES string of the molecule is Cc1ccc(N)c(C(=O)Cc2nc3ccccc3n2C)c1. The van der Waals surface area contributed by atoms with Crippen LogP contribution in [0.25, 0.3) is 11.0 Å². The summed E-state index contributed by atoms with van der Waals surface area (Å²) in [5.74, 6) is 0.747. The van der Waals surface area contributed by atoms with Gasteiger partial charge in [0.2, 0.25) is 0 Å². The maximum absolute atomic E-state index is 12.5. The third-order valence-electron chi connectivity index (χ3n) is 3.71. The number of aromatic nitrogens is 2. The molecule has 2 aromatic carbocycles. The number of fused-ring (bicyclic) bond motifs is 1. The first-order valence-electron chi connectivity index (χ1n) is 6.86. The Hall–Kier alpha value is -2.62. The largest absolute Gasteiger partial charge is 0.398 e. The van der Waals surface area contributed by atoms with Crippen molar-refractivity contribution in [1.29, 1.82) is 0 Å². The van der Waals surface area contributed by atoms with Gasteiger partial charge in [-0.2, -0.15) is 0 Å². The average Bonchev–Trinajstić information content (AvgIpc) is 2.78. The zero-order valence-electron chi connectivity index (χ0n) is 12.1. The van der Waals surface area contributed by atoms with Crippen molar-refractivity contribution >= 4 is 22.5 Å². The van der Waals surface area contributed by atoms with Crippen LogP contribution in [0.5, 0.6) is 0 Å². The van der Waals surface area contributed by atoms with E-state index in [4.69, 9.17) is 5.73 Å². The van der Waals surface area contributed by atoms with Gasteiger partial charge in [0.25, 0.3) is 0 Å². The van der Waals surface area contributed by atoms with E-state index in [-0.39, 0.29) is 12.2 Å². The molecule has 0 unspecified atom stereocenters. The summed E-state index contributed by atoms with van der Waals surface area (Å²) in [5, 5.41) is 0. The number of hydrogen-bond acceptors (Lipinski definition) is 3. The summed E-state index contributed by atoms with van der Waals surface area (Å²) in [6, 6.07) is 13.4. The fourth-order valence-corrected chi connectivity index (χ4v) is 2.50. The van der Waals surface area contributed by atoms with Gasteiger partial charge in [0.05, 0.1) is 17.5 Å². The summed E-state index contributed by atoms with van der Waals surface area (Å²) in [4.78, 5) is 17.0. The van der Waals surface area contributed by atoms with Gasteiger partial charge in [-0.1, -0.05) is 23.8 Å². The van der Waals surface area contributed by atoms with Crippen LogP contribution in [-0.4, -0.2) is 15.3 Å². The molecule has 1 heterocycles. The second kappa shape index (κ2) is 5.05. The van der Waals surface area contributed by atoms with Crippen LogP contribution in [0.1, 0.15) is 21.7 Å². The standard InChI is InChI=1S/C17H17N3O/c1-11-7-8-13(18)12(9-11)16(21)10-17-19-14-5-3-4-6-15(14)20(17)2/h3-9H,10,18H2,1-2H3. The molecule has 3 aromatic rings. The molecule has 0 aliphatic carbocycles. The van der Waals surface area contributed by atoms with Crippen molar-refractivity contribution in [3.63, 3.8) is 0 Å². The minimum atomic E-state index is -0.00499. The van der Waals surface area contributed by atoms with Crippen LogP contribution >= 0.6 is 0 Å². The second-order valence-electron chi connectivity index (χ2n) is 5.27. The predicted molar refractivity (Wildman–Crippen MR) is 84.3 cm³/mol. The molecule has 106 valence electrons. The lowest BCUT2D eigenvalue weighted by atomic mass is 10.0. The van der Waals surface area contributed by atoms with Crippen LogP contribution in [0, 0.1) is 6.92 Å². The molecule has 0 aliphatic rings. The molecule has 0 spiro atoms. The maximum Gasteiger partial charge on any atom is 0.172 e. The van der Waals surface area contributed by atoms with E-state index in [1.54, 1.807) is 6.07 Å². The molecule has 2 N–H and O–H groups in total. The lowest BCUT2D eigenvalue weighted by Gasteiger charge is -2.06. The van der Waals surface area contributed by atoms with Crippen LogP contribution in [0.15, 0.2) is 42.5 Å². The quantitative estimate of drug-likeness (QED) is 0.592. The van der Waals surface area contributed by atoms with Crippen molar-refractivity contribution in [1.82, 2.24) is 9.55 Å². The van der Waals surface area contributed by atoms with Crippen molar-refractivity contribution in [3.05, 3.63) is 59.4 Å². The number of carbonyl (C=O) groups excluding carboxylic acids is 1. The lowest BCUT2D eigenvalue weighted by molar-refractivity contribution is 0.0991. The number of anilines is 1. The zero-order chi connectivity index (χ0) is 15.0. The number of carbonyl (C=O) groups is 1. The number of hydrogen-bond donors (Lipinski definition) is 1. The van der Waals surface area contributed by atoms with Gasteiger partial charge in [-0.25, -0.2) is 4.98 Å². The zero-order valence-corrected chi connectivity index (χ0v) is 12.1. The van der Waals surface area contributed by atoms with E-state index < -0.39 is 0 Å². The Labute approximate surface area is 123 Å². The molecule has 0 aliphatic heterocycles. The highest BCUT2D eigenvalue weighted by molar-refractivity contribution is 6.02. The molecular weight excluding hydrogens is 262 g/mol. The molecule has 0 amide bonds. The lowest BCUT2D eigenvalue weighted by Crippen LogP contribution is -2.10. The van der Waals surface area contributed by atoms with Gasteiger partial charge >= 0.3 is 0 Å². The van der Waals surface area contributed by atoms with Crippen molar-refractivity contribution in [2.75, 3.05) is 5.73 Å². The van der Waals surface area contributed by atoms with Crippen LogP contribution < -0.4 is 5.73 Å². The summed E-state index contributed by atoms with van der Waals surface area (Å²) in [5.41, 5.74) is 9.95. The molecule has 0 radical (unpaired) electrons. The third kappa shape index (κ3) is 2.40. The van der Waals surface area contributed by atoms with Gasteiger partial charge in [-0.3, -0.25) is 4.79 Å². The van der Waals surface area contributed by atoms with Crippen LogP contribution in [0.3, 0.4) is 0 Å². The van der Waals surface area contributed by atoms with E-state index in [9.17, 15) is 4.79 Å². The molecule has 0 saturated heterocycles. The van der Waals surface area contributed by atoms with Crippen molar-refractivity contribution in [2.24, 2.45) is 7.05 Å². The van der Waals surface area contributed by atoms with Crippen LogP contribution in [0.2, 0.25) is 0 Å². The first-order valence-corrected chi connectivity index (χ1v) is 6.86. The number of benzene rings is 2. The monoisotopic (exact) mass is 279 g/mol. The topological polar surface area (TPSA) is 60.9 Å². The smallest absolute Gasteiger partial charge is 0.172 e. The summed E-state index contributed by atoms with van der Waals surface area (Å²) >= 11 is 0. The van der Waals surface area contributed by atoms with E-state index in [0.717, 1.165) is 22.4 Å². The number of rotatable bonds is 3. The summed E-state index contributed by atoms with van der Waals surface area (Å²) in [7, 11) is 1.93. The summed E-state index contributed by atoms with van der Waals surface area (Å²) in [6.07, 6.45) is 0.249. The molecule has 0 fully saturated rings. The Morgan fingerprint density at radius 3 is 2.76 bits per heavy atom. The Morgan fingerprint density at radius 2 is 2.00 bits per heavy atom. The highest BCUT2D eigenvalue weighted by atomic mass is 16.1. The van der Waals surface area contributed by atoms with Crippen molar-refractivity contribution < 1.29 is 4.79 Å². The number of aryl methyl sites for hydroxylation is 2. The van der Waals surface area contributed by atoms with Crippen molar-refractivity contribution in [2.45, 2.75) is 13.3 Å². The number of para-hydroxylation sites is 2. The highest BCUT2D eigenvalue weighted by Gasteiger charge is 2.15. The molecule has 0 saturated carbocycles. The van der Waals surface area contributed by atoms with Crippen LogP contribution in [0.4, 0.5) is 5.69 Å². The van der Waals surface area contributed by atoms with Gasteiger partial charge < -0.3 is 10.3 Å². The number of ketones is 1. The Balaban J connectivity index is 1.96. The molecule has 4 heteroatoms. The fourth-order valence-electron chi connectivity index (χ4n) is 2.50. The first kappa shape index (κ1) is 13.4. The highest BCUT2D eigenvalue weighted by Crippen LogP contribution is 2.19. The second-order valence-corrected chi connectivity index (χ2v) is 5.27. The molecule has 3 rings (SSSR count). The van der Waals surface area contributed by atoms with Gasteiger partial charge in [0.1, 0.15) is 5.82 Å². The van der Waals surface area contributed by atoms with E-state index in [2.05, 4.69) is 4.98 Å². The molecule has 0 atom stereocenters. The Bertz CT molecular complexity index is 833.